The van der Waals surface area contributed by atoms with Crippen LogP contribution >= 0.6 is 0 Å². The number of rotatable bonds is 8. The van der Waals surface area contributed by atoms with E-state index in [4.69, 9.17) is 0 Å². The van der Waals surface area contributed by atoms with Gasteiger partial charge in [0.05, 0.1) is 6.54 Å². The van der Waals surface area contributed by atoms with Crippen molar-refractivity contribution < 1.29 is 4.79 Å². The maximum absolute atomic E-state index is 12.3. The van der Waals surface area contributed by atoms with Crippen molar-refractivity contribution >= 4 is 17.7 Å². The molecule has 0 spiro atoms. The number of carbonyl (C=O) groups is 1. The number of benzene rings is 1. The highest BCUT2D eigenvalue weighted by atomic mass is 16.2. The van der Waals surface area contributed by atoms with Crippen LogP contribution in [0.4, 0.5) is 10.5 Å². The maximum atomic E-state index is 12.3. The molecule has 0 bridgehead atoms. The quantitative estimate of drug-likeness (QED) is 0.363. The third kappa shape index (κ3) is 6.81. The van der Waals surface area contributed by atoms with E-state index in [-0.39, 0.29) is 6.03 Å². The largest absolute Gasteiger partial charge is 0.357 e. The van der Waals surface area contributed by atoms with Crippen molar-refractivity contribution in [1.82, 2.24) is 25.3 Å². The van der Waals surface area contributed by atoms with E-state index in [2.05, 4.69) is 33.0 Å². The summed E-state index contributed by atoms with van der Waals surface area (Å²) in [5.41, 5.74) is 1.87. The van der Waals surface area contributed by atoms with E-state index >= 15 is 0 Å². The Labute approximate surface area is 172 Å². The van der Waals surface area contributed by atoms with Gasteiger partial charge < -0.3 is 20.9 Å². The molecule has 156 valence electrons. The number of hydrogen-bond donors (Lipinski definition) is 3. The van der Waals surface area contributed by atoms with Crippen molar-refractivity contribution in [3.05, 3.63) is 48.3 Å². The zero-order valence-corrected chi connectivity index (χ0v) is 17.1. The highest BCUT2D eigenvalue weighted by Gasteiger charge is 2.17. The lowest BCUT2D eigenvalue weighted by Crippen LogP contribution is -2.38. The van der Waals surface area contributed by atoms with Gasteiger partial charge in [-0.15, -0.1) is 0 Å². The van der Waals surface area contributed by atoms with Crippen LogP contribution in [0.3, 0.4) is 0 Å². The molecule has 3 rings (SSSR count). The first-order valence-electron chi connectivity index (χ1n) is 10.4. The molecule has 0 aliphatic carbocycles. The Morgan fingerprint density at radius 3 is 2.83 bits per heavy atom. The minimum atomic E-state index is -0.0182. The molecule has 0 saturated carbocycles. The first-order valence-corrected chi connectivity index (χ1v) is 10.4. The smallest absolute Gasteiger partial charge is 0.321 e. The molecule has 0 radical (unpaired) electrons. The molecule has 2 amide bonds. The van der Waals surface area contributed by atoms with Crippen molar-refractivity contribution in [3.63, 3.8) is 0 Å². The Balaban J connectivity index is 1.49. The fourth-order valence-electron chi connectivity index (χ4n) is 3.26. The number of aryl methyl sites for hydroxylation is 1. The van der Waals surface area contributed by atoms with Crippen LogP contribution in [0.1, 0.15) is 31.7 Å². The number of hydrogen-bond acceptors (Lipinski definition) is 3. The van der Waals surface area contributed by atoms with E-state index in [1.807, 2.05) is 46.1 Å². The summed E-state index contributed by atoms with van der Waals surface area (Å²) >= 11 is 0. The standard InChI is InChI=1S/C21H31N7O/c1-2-22-20(23-10-6-14-28-15-7-11-25-28)24-17-18-8-5-9-19(16-18)26-21(29)27-12-3-4-13-27/h5,7-9,11,15-16H,2-4,6,10,12-14,17H2,1H3,(H,26,29)(H2,22,23,24). The number of urea groups is 1. The lowest BCUT2D eigenvalue weighted by atomic mass is 10.2. The Bertz CT molecular complexity index is 782. The molecule has 8 heteroatoms. The maximum Gasteiger partial charge on any atom is 0.321 e. The van der Waals surface area contributed by atoms with Gasteiger partial charge in [0.2, 0.25) is 0 Å². The fourth-order valence-corrected chi connectivity index (χ4v) is 3.26. The molecule has 0 atom stereocenters. The lowest BCUT2D eigenvalue weighted by molar-refractivity contribution is 0.222. The topological polar surface area (TPSA) is 86.6 Å². The van der Waals surface area contributed by atoms with E-state index in [1.54, 1.807) is 6.20 Å². The van der Waals surface area contributed by atoms with Crippen molar-refractivity contribution in [2.45, 2.75) is 39.3 Å². The van der Waals surface area contributed by atoms with Gasteiger partial charge in [-0.2, -0.15) is 5.10 Å². The zero-order valence-electron chi connectivity index (χ0n) is 17.1. The van der Waals surface area contributed by atoms with Crippen LogP contribution in [-0.4, -0.2) is 52.9 Å². The fraction of sp³-hybridized carbons (Fsp3) is 0.476. The average molecular weight is 398 g/mol. The molecule has 8 nitrogen and oxygen atoms in total. The van der Waals surface area contributed by atoms with Gasteiger partial charge in [-0.25, -0.2) is 9.79 Å². The molecule has 2 heterocycles. The van der Waals surface area contributed by atoms with Gasteiger partial charge in [0.15, 0.2) is 5.96 Å². The van der Waals surface area contributed by atoms with Gasteiger partial charge >= 0.3 is 6.03 Å². The molecule has 1 saturated heterocycles. The van der Waals surface area contributed by atoms with Gasteiger partial charge in [0, 0.05) is 50.8 Å². The second-order valence-corrected chi connectivity index (χ2v) is 7.07. The number of aliphatic imine (C=N–C) groups is 1. The summed E-state index contributed by atoms with van der Waals surface area (Å²) in [6, 6.07) is 9.79. The summed E-state index contributed by atoms with van der Waals surface area (Å²) in [6.45, 7) is 6.77. The van der Waals surface area contributed by atoms with Crippen LogP contribution in [-0.2, 0) is 13.1 Å². The van der Waals surface area contributed by atoms with Crippen LogP contribution < -0.4 is 16.0 Å². The van der Waals surface area contributed by atoms with E-state index in [9.17, 15) is 4.79 Å². The minimum absolute atomic E-state index is 0.0182. The van der Waals surface area contributed by atoms with Crippen molar-refractivity contribution in [1.29, 1.82) is 0 Å². The number of likely N-dealkylation sites (tertiary alicyclic amines) is 1. The van der Waals surface area contributed by atoms with E-state index in [0.29, 0.717) is 6.54 Å². The van der Waals surface area contributed by atoms with E-state index in [0.717, 1.165) is 69.2 Å². The molecule has 1 aliphatic heterocycles. The van der Waals surface area contributed by atoms with Crippen LogP contribution in [0.25, 0.3) is 0 Å². The number of nitrogens with one attached hydrogen (secondary N) is 3. The number of aromatic nitrogens is 2. The highest BCUT2D eigenvalue weighted by Crippen LogP contribution is 2.14. The van der Waals surface area contributed by atoms with Crippen molar-refractivity contribution in [3.8, 4) is 0 Å². The summed E-state index contributed by atoms with van der Waals surface area (Å²) in [4.78, 5) is 18.8. The molecule has 1 aromatic carbocycles. The van der Waals surface area contributed by atoms with Crippen LogP contribution in [0.5, 0.6) is 0 Å². The van der Waals surface area contributed by atoms with Gasteiger partial charge in [-0.05, 0) is 49.9 Å². The first-order chi connectivity index (χ1) is 14.2. The lowest BCUT2D eigenvalue weighted by Gasteiger charge is -2.16. The Morgan fingerprint density at radius 2 is 2.07 bits per heavy atom. The second kappa shape index (κ2) is 11.1. The average Bonchev–Trinajstić information content (AvgIpc) is 3.44. The first kappa shape index (κ1) is 20.7. The highest BCUT2D eigenvalue weighted by molar-refractivity contribution is 5.89. The summed E-state index contributed by atoms with van der Waals surface area (Å²) in [5, 5.41) is 13.8. The van der Waals surface area contributed by atoms with Crippen LogP contribution in [0, 0.1) is 0 Å². The Hall–Kier alpha value is -3.03. The molecular weight excluding hydrogens is 366 g/mol. The zero-order chi connectivity index (χ0) is 20.3. The number of carbonyl (C=O) groups excluding carboxylic acids is 1. The molecule has 1 aliphatic rings. The summed E-state index contributed by atoms with van der Waals surface area (Å²) in [5.74, 6) is 0.791. The summed E-state index contributed by atoms with van der Waals surface area (Å²) in [6.07, 6.45) is 6.90. The van der Waals surface area contributed by atoms with Gasteiger partial charge in [0.25, 0.3) is 0 Å². The SMILES string of the molecule is CCNC(=NCc1cccc(NC(=O)N2CCCC2)c1)NCCCn1cccn1. The number of guanidine groups is 1. The number of amides is 2. The third-order valence-corrected chi connectivity index (χ3v) is 4.75. The van der Waals surface area contributed by atoms with Gasteiger partial charge in [0.1, 0.15) is 0 Å². The normalized spacial score (nSPS) is 14.1. The van der Waals surface area contributed by atoms with Crippen LogP contribution in [0.2, 0.25) is 0 Å². The number of anilines is 1. The van der Waals surface area contributed by atoms with E-state index < -0.39 is 0 Å². The Morgan fingerprint density at radius 1 is 1.21 bits per heavy atom. The third-order valence-electron chi connectivity index (χ3n) is 4.75. The minimum Gasteiger partial charge on any atom is -0.357 e. The van der Waals surface area contributed by atoms with Crippen molar-refractivity contribution in [2.24, 2.45) is 4.99 Å². The molecular formula is C21H31N7O. The molecule has 29 heavy (non-hydrogen) atoms. The molecule has 2 aromatic rings. The molecule has 1 fully saturated rings. The van der Waals surface area contributed by atoms with Gasteiger partial charge in [-0.3, -0.25) is 4.68 Å². The molecule has 3 N–H and O–H groups in total. The predicted molar refractivity (Wildman–Crippen MR) is 116 cm³/mol. The molecule has 0 unspecified atom stereocenters. The van der Waals surface area contributed by atoms with E-state index in [1.165, 1.54) is 0 Å². The monoisotopic (exact) mass is 397 g/mol. The van der Waals surface area contributed by atoms with Crippen LogP contribution in [0.15, 0.2) is 47.7 Å². The molecule has 1 aromatic heterocycles. The second-order valence-electron chi connectivity index (χ2n) is 7.07. The number of nitrogens with zero attached hydrogens (tertiary/aromatic N) is 4. The summed E-state index contributed by atoms with van der Waals surface area (Å²) < 4.78 is 1.92. The summed E-state index contributed by atoms with van der Waals surface area (Å²) in [7, 11) is 0. The predicted octanol–water partition coefficient (Wildman–Crippen LogP) is 2.66. The Kier molecular flexibility index (Phi) is 7.91. The van der Waals surface area contributed by atoms with Gasteiger partial charge in [-0.1, -0.05) is 12.1 Å². The van der Waals surface area contributed by atoms with Crippen molar-refractivity contribution in [2.75, 3.05) is 31.5 Å².